The zero-order valence-electron chi connectivity index (χ0n) is 9.47. The van der Waals surface area contributed by atoms with E-state index in [4.69, 9.17) is 30.4 Å². The smallest absolute Gasteiger partial charge is 0.351 e. The topological polar surface area (TPSA) is 106 Å². The SMILES string of the molecule is Nc1ccn([C@@H]2O[C@H](CCl)[C@H]3OS(=O)O[C@H]32)c(=O)n1. The maximum atomic E-state index is 11.8. The highest BCUT2D eigenvalue weighted by Crippen LogP contribution is 2.38. The lowest BCUT2D eigenvalue weighted by Gasteiger charge is -2.17. The summed E-state index contributed by atoms with van der Waals surface area (Å²) in [5, 5.41) is 0. The number of ether oxygens (including phenoxy) is 1. The molecule has 1 aromatic heterocycles. The van der Waals surface area contributed by atoms with Crippen molar-refractivity contribution < 1.29 is 17.3 Å². The number of nitrogen functional groups attached to an aromatic ring is 1. The molecule has 1 aromatic rings. The summed E-state index contributed by atoms with van der Waals surface area (Å²) < 4.78 is 28.3. The van der Waals surface area contributed by atoms with Crippen molar-refractivity contribution >= 4 is 28.8 Å². The number of alkyl halides is 1. The molecule has 10 heteroatoms. The van der Waals surface area contributed by atoms with Gasteiger partial charge >= 0.3 is 17.1 Å². The first-order chi connectivity index (χ1) is 9.10. The van der Waals surface area contributed by atoms with Crippen LogP contribution in [0.15, 0.2) is 17.1 Å². The third-order valence-corrected chi connectivity index (χ3v) is 4.01. The Morgan fingerprint density at radius 3 is 2.89 bits per heavy atom. The maximum absolute atomic E-state index is 11.8. The largest absolute Gasteiger partial charge is 0.383 e. The molecule has 0 spiro atoms. The van der Waals surface area contributed by atoms with Gasteiger partial charge in [0, 0.05) is 6.20 Å². The molecule has 0 radical (unpaired) electrons. The van der Waals surface area contributed by atoms with Gasteiger partial charge in [0.2, 0.25) is 0 Å². The Morgan fingerprint density at radius 1 is 1.47 bits per heavy atom. The van der Waals surface area contributed by atoms with Gasteiger partial charge in [0.25, 0.3) is 0 Å². The first kappa shape index (κ1) is 13.0. The molecule has 3 rings (SSSR count). The van der Waals surface area contributed by atoms with Gasteiger partial charge in [-0.1, -0.05) is 0 Å². The van der Waals surface area contributed by atoms with Crippen LogP contribution in [0.25, 0.3) is 0 Å². The summed E-state index contributed by atoms with van der Waals surface area (Å²) in [6, 6.07) is 1.46. The fraction of sp³-hybridized carbons (Fsp3) is 0.556. The number of hydrogen-bond acceptors (Lipinski definition) is 7. The van der Waals surface area contributed by atoms with E-state index in [1.807, 2.05) is 0 Å². The van der Waals surface area contributed by atoms with Gasteiger partial charge < -0.3 is 10.5 Å². The van der Waals surface area contributed by atoms with Gasteiger partial charge in [0.15, 0.2) is 12.3 Å². The van der Waals surface area contributed by atoms with Crippen LogP contribution >= 0.6 is 11.6 Å². The Hall–Kier alpha value is -1.00. The van der Waals surface area contributed by atoms with Crippen molar-refractivity contribution in [2.45, 2.75) is 24.5 Å². The molecule has 8 nitrogen and oxygen atoms in total. The molecule has 3 heterocycles. The van der Waals surface area contributed by atoms with Gasteiger partial charge in [0.1, 0.15) is 18.0 Å². The minimum atomic E-state index is -1.86. The first-order valence-corrected chi connectivity index (χ1v) is 6.95. The third-order valence-electron chi connectivity index (χ3n) is 2.94. The number of fused-ring (bicyclic) bond motifs is 1. The van der Waals surface area contributed by atoms with Crippen molar-refractivity contribution in [3.63, 3.8) is 0 Å². The fourth-order valence-electron chi connectivity index (χ4n) is 2.10. The lowest BCUT2D eigenvalue weighted by atomic mass is 10.1. The summed E-state index contributed by atoms with van der Waals surface area (Å²) in [5.74, 6) is 0.243. The van der Waals surface area contributed by atoms with E-state index in [2.05, 4.69) is 4.98 Å². The minimum absolute atomic E-state index is 0.108. The predicted octanol–water partition coefficient (Wildman–Crippen LogP) is -0.676. The molecule has 5 atom stereocenters. The summed E-state index contributed by atoms with van der Waals surface area (Å²) in [7, 11) is 0. The second-order valence-electron chi connectivity index (χ2n) is 4.09. The molecule has 0 aliphatic carbocycles. The molecule has 2 saturated heterocycles. The molecule has 1 unspecified atom stereocenters. The lowest BCUT2D eigenvalue weighted by molar-refractivity contribution is -0.0293. The van der Waals surface area contributed by atoms with E-state index >= 15 is 0 Å². The molecular weight excluding hydrogens is 298 g/mol. The van der Waals surface area contributed by atoms with Crippen LogP contribution in [-0.2, 0) is 24.5 Å². The Labute approximate surface area is 115 Å². The van der Waals surface area contributed by atoms with Crippen LogP contribution in [0.2, 0.25) is 0 Å². The Balaban J connectivity index is 1.96. The second-order valence-corrected chi connectivity index (χ2v) is 5.19. The van der Waals surface area contributed by atoms with Gasteiger partial charge in [-0.15, -0.1) is 11.6 Å². The number of aromatic nitrogens is 2. The highest BCUT2D eigenvalue weighted by Gasteiger charge is 2.53. The van der Waals surface area contributed by atoms with E-state index in [1.54, 1.807) is 0 Å². The molecule has 2 aliphatic rings. The summed E-state index contributed by atoms with van der Waals surface area (Å²) in [4.78, 5) is 15.4. The number of hydrogen-bond donors (Lipinski definition) is 1. The predicted molar refractivity (Wildman–Crippen MR) is 65.4 cm³/mol. The van der Waals surface area contributed by atoms with Crippen molar-refractivity contribution in [1.29, 1.82) is 0 Å². The van der Waals surface area contributed by atoms with Gasteiger partial charge in [-0.05, 0) is 6.07 Å². The monoisotopic (exact) mass is 307 g/mol. The van der Waals surface area contributed by atoms with E-state index in [0.717, 1.165) is 0 Å². The van der Waals surface area contributed by atoms with E-state index < -0.39 is 41.6 Å². The van der Waals surface area contributed by atoms with Crippen molar-refractivity contribution in [3.8, 4) is 0 Å². The van der Waals surface area contributed by atoms with E-state index in [1.165, 1.54) is 16.8 Å². The van der Waals surface area contributed by atoms with E-state index in [0.29, 0.717) is 0 Å². The quantitative estimate of drug-likeness (QED) is 0.722. The van der Waals surface area contributed by atoms with Crippen molar-refractivity contribution in [3.05, 3.63) is 22.7 Å². The second kappa shape index (κ2) is 4.84. The Kier molecular flexibility index (Phi) is 3.31. The fourth-order valence-corrected chi connectivity index (χ4v) is 3.19. The number of anilines is 1. The highest BCUT2D eigenvalue weighted by atomic mass is 35.5. The van der Waals surface area contributed by atoms with Gasteiger partial charge in [-0.2, -0.15) is 9.19 Å². The molecule has 2 N–H and O–H groups in total. The number of rotatable bonds is 2. The molecule has 104 valence electrons. The molecule has 0 aromatic carbocycles. The van der Waals surface area contributed by atoms with E-state index in [9.17, 15) is 9.00 Å². The molecule has 0 saturated carbocycles. The van der Waals surface area contributed by atoms with Crippen LogP contribution in [0.5, 0.6) is 0 Å². The number of nitrogens with two attached hydrogens (primary N) is 1. The van der Waals surface area contributed by atoms with Gasteiger partial charge in [-0.3, -0.25) is 12.9 Å². The molecular formula is C9H10ClN3O5S. The number of nitrogens with zero attached hydrogens (tertiary/aromatic N) is 2. The van der Waals surface area contributed by atoms with Gasteiger partial charge in [-0.25, -0.2) is 4.79 Å². The van der Waals surface area contributed by atoms with Crippen LogP contribution in [-0.4, -0.2) is 38.0 Å². The van der Waals surface area contributed by atoms with Crippen LogP contribution < -0.4 is 11.4 Å². The summed E-state index contributed by atoms with van der Waals surface area (Å²) in [5.41, 5.74) is 4.83. The van der Waals surface area contributed by atoms with Crippen LogP contribution in [0.3, 0.4) is 0 Å². The summed E-state index contributed by atoms with van der Waals surface area (Å²) in [6.07, 6.45) is -1.11. The minimum Gasteiger partial charge on any atom is -0.383 e. The lowest BCUT2D eigenvalue weighted by Crippen LogP contribution is -2.34. The average Bonchev–Trinajstić information content (AvgIpc) is 2.87. The Bertz CT molecular complexity index is 581. The van der Waals surface area contributed by atoms with Crippen LogP contribution in [0, 0.1) is 0 Å². The highest BCUT2D eigenvalue weighted by molar-refractivity contribution is 7.75. The third kappa shape index (κ3) is 2.17. The standard InChI is InChI=1S/C9H10ClN3O5S/c10-3-4-6-7(18-19(15)17-6)8(16-4)13-2-1-5(11)12-9(13)14/h1-2,4,6-8H,3H2,(H2,11,12,14)/t4-,6-,7-,8-,19?/m1/s1. The molecule has 0 amide bonds. The zero-order valence-corrected chi connectivity index (χ0v) is 11.0. The van der Waals surface area contributed by atoms with E-state index in [-0.39, 0.29) is 11.7 Å². The maximum Gasteiger partial charge on any atom is 0.351 e. The normalized spacial score (nSPS) is 37.4. The van der Waals surface area contributed by atoms with Crippen LogP contribution in [0.4, 0.5) is 5.82 Å². The first-order valence-electron chi connectivity index (χ1n) is 5.42. The average molecular weight is 308 g/mol. The molecule has 19 heavy (non-hydrogen) atoms. The molecule has 2 aliphatic heterocycles. The zero-order chi connectivity index (χ0) is 13.6. The molecule has 2 fully saturated rings. The summed E-state index contributed by atoms with van der Waals surface area (Å²) in [6.45, 7) is 0. The van der Waals surface area contributed by atoms with Crippen LogP contribution in [0.1, 0.15) is 6.23 Å². The van der Waals surface area contributed by atoms with Crippen molar-refractivity contribution in [2.24, 2.45) is 0 Å². The van der Waals surface area contributed by atoms with Gasteiger partial charge in [0.05, 0.1) is 5.88 Å². The summed E-state index contributed by atoms with van der Waals surface area (Å²) >= 11 is 3.90. The Morgan fingerprint density at radius 2 is 2.21 bits per heavy atom. The molecule has 0 bridgehead atoms. The van der Waals surface area contributed by atoms with Crippen molar-refractivity contribution in [1.82, 2.24) is 9.55 Å². The number of halogens is 1. The van der Waals surface area contributed by atoms with Crippen molar-refractivity contribution in [2.75, 3.05) is 11.6 Å².